The van der Waals surface area contributed by atoms with Crippen LogP contribution in [0.2, 0.25) is 45.2 Å². The van der Waals surface area contributed by atoms with Crippen molar-refractivity contribution < 1.29 is 0 Å². The number of hydrogen-bond acceptors (Lipinski definition) is 0. The van der Waals surface area contributed by atoms with Crippen LogP contribution in [0.1, 0.15) is 16.7 Å². The maximum atomic E-state index is 6.34. The molecule has 0 heterocycles. The molecule has 0 N–H and O–H groups in total. The Bertz CT molecular complexity index is 685. The van der Waals surface area contributed by atoms with Gasteiger partial charge in [0.25, 0.3) is 0 Å². The largest absolute Gasteiger partial charge is 0.0836 e. The molecular formula is C14H5Cl9. The first-order valence-corrected chi connectivity index (χ1v) is 9.31. The van der Waals surface area contributed by atoms with Crippen LogP contribution in [0, 0.1) is 6.92 Å². The van der Waals surface area contributed by atoms with Gasteiger partial charge in [-0.3, -0.25) is 0 Å². The lowest BCUT2D eigenvalue weighted by Crippen LogP contribution is -1.98. The average molecular weight is 492 g/mol. The highest BCUT2D eigenvalue weighted by atomic mass is 35.5. The van der Waals surface area contributed by atoms with Crippen LogP contribution in [0.3, 0.4) is 0 Å². The molecule has 0 fully saturated rings. The second-order valence-electron chi connectivity index (χ2n) is 4.58. The predicted molar refractivity (Wildman–Crippen MR) is 106 cm³/mol. The summed E-state index contributed by atoms with van der Waals surface area (Å²) >= 11 is 55.4. The summed E-state index contributed by atoms with van der Waals surface area (Å²) in [6.45, 7) is 1.72. The average Bonchev–Trinajstić information content (AvgIpc) is 2.54. The van der Waals surface area contributed by atoms with E-state index in [-0.39, 0.29) is 46.6 Å². The van der Waals surface area contributed by atoms with Crippen LogP contribution in [-0.2, 0) is 6.42 Å². The van der Waals surface area contributed by atoms with Crippen LogP contribution >= 0.6 is 104 Å². The van der Waals surface area contributed by atoms with E-state index >= 15 is 0 Å². The summed E-state index contributed by atoms with van der Waals surface area (Å²) in [7, 11) is 0. The molecule has 0 spiro atoms. The van der Waals surface area contributed by atoms with Crippen molar-refractivity contribution in [3.05, 3.63) is 61.9 Å². The Morgan fingerprint density at radius 1 is 0.435 bits per heavy atom. The first-order valence-electron chi connectivity index (χ1n) is 5.91. The zero-order chi connectivity index (χ0) is 17.6. The molecule has 0 saturated carbocycles. The summed E-state index contributed by atoms with van der Waals surface area (Å²) in [5, 5.41) is 1.67. The van der Waals surface area contributed by atoms with E-state index in [1.807, 2.05) is 0 Å². The van der Waals surface area contributed by atoms with Crippen molar-refractivity contribution in [2.75, 3.05) is 0 Å². The van der Waals surface area contributed by atoms with Gasteiger partial charge in [-0.2, -0.15) is 0 Å². The van der Waals surface area contributed by atoms with Gasteiger partial charge in [0.15, 0.2) is 0 Å². The van der Waals surface area contributed by atoms with E-state index in [9.17, 15) is 0 Å². The van der Waals surface area contributed by atoms with E-state index in [1.165, 1.54) is 0 Å². The smallest absolute Gasteiger partial charge is 0.0809 e. The summed E-state index contributed by atoms with van der Waals surface area (Å²) in [4.78, 5) is 0. The SMILES string of the molecule is Cc1c(Cl)c(Cl)c(Cl)c(Cc2c(Cl)c(Cl)c(Cl)c(Cl)c2Cl)c1Cl. The van der Waals surface area contributed by atoms with Crippen LogP contribution in [0.4, 0.5) is 0 Å². The fourth-order valence-corrected chi connectivity index (χ4v) is 4.36. The Morgan fingerprint density at radius 2 is 0.739 bits per heavy atom. The molecule has 0 aliphatic rings. The molecule has 0 aliphatic carbocycles. The van der Waals surface area contributed by atoms with Crippen LogP contribution in [0.5, 0.6) is 0 Å². The van der Waals surface area contributed by atoms with Crippen LogP contribution in [0.15, 0.2) is 0 Å². The van der Waals surface area contributed by atoms with Gasteiger partial charge in [-0.1, -0.05) is 104 Å². The Labute approximate surface area is 178 Å². The molecule has 0 aromatic heterocycles. The van der Waals surface area contributed by atoms with E-state index in [2.05, 4.69) is 0 Å². The lowest BCUT2D eigenvalue weighted by molar-refractivity contribution is 1.18. The van der Waals surface area contributed by atoms with E-state index in [0.29, 0.717) is 21.7 Å². The van der Waals surface area contributed by atoms with Gasteiger partial charge in [-0.25, -0.2) is 0 Å². The molecule has 0 unspecified atom stereocenters. The van der Waals surface area contributed by atoms with E-state index in [4.69, 9.17) is 104 Å². The van der Waals surface area contributed by atoms with Crippen molar-refractivity contribution in [2.24, 2.45) is 0 Å². The third-order valence-electron chi connectivity index (χ3n) is 3.23. The summed E-state index contributed by atoms with van der Waals surface area (Å²) in [5.41, 5.74) is 1.55. The number of halogens is 9. The van der Waals surface area contributed by atoms with Gasteiger partial charge in [-0.15, -0.1) is 0 Å². The molecule has 0 nitrogen and oxygen atoms in total. The first kappa shape index (κ1) is 20.4. The molecule has 0 bridgehead atoms. The monoisotopic (exact) mass is 488 g/mol. The topological polar surface area (TPSA) is 0 Å². The molecule has 124 valence electrons. The number of hydrogen-bond donors (Lipinski definition) is 0. The maximum Gasteiger partial charge on any atom is 0.0809 e. The second kappa shape index (κ2) is 7.74. The fourth-order valence-electron chi connectivity index (χ4n) is 1.95. The normalized spacial score (nSPS) is 11.2. The number of benzene rings is 2. The first-order chi connectivity index (χ1) is 10.6. The minimum atomic E-state index is 0.0783. The highest BCUT2D eigenvalue weighted by molar-refractivity contribution is 6.55. The molecule has 0 amide bonds. The van der Waals surface area contributed by atoms with Crippen molar-refractivity contribution in [2.45, 2.75) is 13.3 Å². The molecule has 0 atom stereocenters. The Balaban J connectivity index is 2.71. The molecule has 2 aromatic rings. The molecule has 2 aromatic carbocycles. The summed E-state index contributed by atoms with van der Waals surface area (Å²) < 4.78 is 0. The van der Waals surface area contributed by atoms with Crippen molar-refractivity contribution in [3.63, 3.8) is 0 Å². The summed E-state index contributed by atoms with van der Waals surface area (Å²) in [6, 6.07) is 0. The van der Waals surface area contributed by atoms with Gasteiger partial charge in [0.05, 0.1) is 45.2 Å². The Hall–Kier alpha value is 1.05. The van der Waals surface area contributed by atoms with Crippen LogP contribution in [-0.4, -0.2) is 0 Å². The lowest BCUT2D eigenvalue weighted by Gasteiger charge is -2.17. The lowest BCUT2D eigenvalue weighted by atomic mass is 10.0. The Morgan fingerprint density at radius 3 is 1.17 bits per heavy atom. The van der Waals surface area contributed by atoms with Gasteiger partial charge < -0.3 is 0 Å². The maximum absolute atomic E-state index is 6.34. The third kappa shape index (κ3) is 3.63. The predicted octanol–water partition coefficient (Wildman–Crippen LogP) is 9.47. The minimum absolute atomic E-state index is 0.0783. The van der Waals surface area contributed by atoms with E-state index in [0.717, 1.165) is 0 Å². The molecule has 23 heavy (non-hydrogen) atoms. The van der Waals surface area contributed by atoms with Gasteiger partial charge in [-0.05, 0) is 23.6 Å². The summed E-state index contributed by atoms with van der Waals surface area (Å²) in [6.07, 6.45) is 0.156. The summed E-state index contributed by atoms with van der Waals surface area (Å²) in [5.74, 6) is 0. The van der Waals surface area contributed by atoms with Crippen molar-refractivity contribution >= 4 is 104 Å². The van der Waals surface area contributed by atoms with Crippen LogP contribution < -0.4 is 0 Å². The molecule has 2 rings (SSSR count). The van der Waals surface area contributed by atoms with Crippen molar-refractivity contribution in [3.8, 4) is 0 Å². The second-order valence-corrected chi connectivity index (χ2v) is 7.99. The molecule has 9 heteroatoms. The van der Waals surface area contributed by atoms with Gasteiger partial charge in [0.1, 0.15) is 0 Å². The van der Waals surface area contributed by atoms with Crippen molar-refractivity contribution in [1.29, 1.82) is 0 Å². The van der Waals surface area contributed by atoms with Crippen LogP contribution in [0.25, 0.3) is 0 Å². The van der Waals surface area contributed by atoms with Gasteiger partial charge in [0, 0.05) is 6.42 Å². The van der Waals surface area contributed by atoms with E-state index in [1.54, 1.807) is 6.92 Å². The standard InChI is InChI=1S/C14H5Cl9/c1-3-6(15)4(8(17)11(20)7(3)16)2-5-9(18)12(21)14(23)13(22)10(5)19/h2H2,1H3. The Kier molecular flexibility index (Phi) is 6.85. The number of rotatable bonds is 2. The zero-order valence-electron chi connectivity index (χ0n) is 11.1. The minimum Gasteiger partial charge on any atom is -0.0836 e. The van der Waals surface area contributed by atoms with Crippen molar-refractivity contribution in [1.82, 2.24) is 0 Å². The van der Waals surface area contributed by atoms with Gasteiger partial charge >= 0.3 is 0 Å². The third-order valence-corrected chi connectivity index (χ3v) is 7.56. The molecule has 0 aliphatic heterocycles. The van der Waals surface area contributed by atoms with Gasteiger partial charge in [0.2, 0.25) is 0 Å². The quantitative estimate of drug-likeness (QED) is 0.289. The highest BCUT2D eigenvalue weighted by Crippen LogP contribution is 2.47. The molecular weight excluding hydrogens is 487 g/mol. The fraction of sp³-hybridized carbons (Fsp3) is 0.143. The highest BCUT2D eigenvalue weighted by Gasteiger charge is 2.23. The zero-order valence-corrected chi connectivity index (χ0v) is 17.9. The van der Waals surface area contributed by atoms with E-state index < -0.39 is 0 Å². The molecule has 0 radical (unpaired) electrons. The molecule has 0 saturated heterocycles.